The van der Waals surface area contributed by atoms with Crippen LogP contribution in [0.25, 0.3) is 0 Å². The summed E-state index contributed by atoms with van der Waals surface area (Å²) >= 11 is 0. The zero-order chi connectivity index (χ0) is 15.5. The number of nitrogens with one attached hydrogen (secondary N) is 1. The Bertz CT molecular complexity index is 526. The quantitative estimate of drug-likeness (QED) is 0.884. The van der Waals surface area contributed by atoms with Crippen molar-refractivity contribution >= 4 is 5.91 Å². The van der Waals surface area contributed by atoms with Gasteiger partial charge in [-0.3, -0.25) is 4.79 Å². The van der Waals surface area contributed by atoms with Gasteiger partial charge in [0, 0.05) is 12.0 Å². The van der Waals surface area contributed by atoms with Gasteiger partial charge in [-0.1, -0.05) is 19.4 Å². The largest absolute Gasteiger partial charge is 0.330 e. The Kier molecular flexibility index (Phi) is 4.77. The summed E-state index contributed by atoms with van der Waals surface area (Å²) in [6.07, 6.45) is 5.37. The summed E-state index contributed by atoms with van der Waals surface area (Å²) in [6.45, 7) is 5.98. The number of rotatable bonds is 2. The van der Waals surface area contributed by atoms with Crippen LogP contribution in [0.5, 0.6) is 0 Å². The van der Waals surface area contributed by atoms with E-state index < -0.39 is 0 Å². The smallest absolute Gasteiger partial charge is 0.254 e. The molecule has 2 atom stereocenters. The van der Waals surface area contributed by atoms with E-state index in [0.29, 0.717) is 5.56 Å². The van der Waals surface area contributed by atoms with Crippen LogP contribution in [0.3, 0.4) is 0 Å². The first-order valence-electron chi connectivity index (χ1n) is 8.53. The van der Waals surface area contributed by atoms with Crippen LogP contribution in [0.2, 0.25) is 0 Å². The van der Waals surface area contributed by atoms with Gasteiger partial charge in [0.05, 0.1) is 32.2 Å². The van der Waals surface area contributed by atoms with Gasteiger partial charge in [0.1, 0.15) is 5.82 Å². The van der Waals surface area contributed by atoms with Gasteiger partial charge in [0.25, 0.3) is 5.91 Å². The second-order valence-electron chi connectivity index (χ2n) is 6.93. The number of benzene rings is 1. The van der Waals surface area contributed by atoms with Crippen molar-refractivity contribution in [2.45, 2.75) is 38.6 Å². The maximum Gasteiger partial charge on any atom is 0.254 e. The molecule has 1 amide bonds. The minimum atomic E-state index is -0.341. The Morgan fingerprint density at radius 3 is 2.73 bits per heavy atom. The predicted octanol–water partition coefficient (Wildman–Crippen LogP) is 1.75. The molecule has 1 N–H and O–H groups in total. The van der Waals surface area contributed by atoms with Crippen LogP contribution in [0, 0.1) is 11.7 Å². The summed E-state index contributed by atoms with van der Waals surface area (Å²) < 4.78 is 13.3. The minimum absolute atomic E-state index is 0.0319. The molecule has 0 unspecified atom stereocenters. The monoisotopic (exact) mass is 305 g/mol. The molecule has 3 nitrogen and oxygen atoms in total. The first kappa shape index (κ1) is 15.5. The molecule has 1 saturated carbocycles. The fourth-order valence-electron chi connectivity index (χ4n) is 4.01. The lowest BCUT2D eigenvalue weighted by atomic mass is 9.86. The normalized spacial score (nSPS) is 26.9. The highest BCUT2D eigenvalue weighted by molar-refractivity contribution is 5.94. The molecule has 1 saturated heterocycles. The number of carbonyl (C=O) groups is 1. The van der Waals surface area contributed by atoms with Crippen molar-refractivity contribution in [3.63, 3.8) is 0 Å². The van der Waals surface area contributed by atoms with Crippen LogP contribution in [0.1, 0.15) is 43.0 Å². The van der Waals surface area contributed by atoms with Crippen LogP contribution >= 0.6 is 0 Å². The van der Waals surface area contributed by atoms with E-state index >= 15 is 0 Å². The van der Waals surface area contributed by atoms with Gasteiger partial charge in [-0.25, -0.2) is 4.39 Å². The van der Waals surface area contributed by atoms with E-state index in [2.05, 4.69) is 6.92 Å². The number of piperazine rings is 1. The molecule has 0 radical (unpaired) electrons. The van der Waals surface area contributed by atoms with Crippen molar-refractivity contribution in [3.05, 3.63) is 35.6 Å². The Morgan fingerprint density at radius 2 is 2.05 bits per heavy atom. The standard InChI is InChI=1S/C18H25FN2O/c1-14-4-2-7-17(12-14)20-8-10-21(11-9-20)18(22)15-5-3-6-16(19)13-15/h3,5-6,13-14,17H,2,4,7-12H2,1H3/p+1/t14-,17-/m0/s1. The van der Waals surface area contributed by atoms with Gasteiger partial charge in [-0.05, 0) is 37.0 Å². The Morgan fingerprint density at radius 1 is 1.27 bits per heavy atom. The first-order valence-corrected chi connectivity index (χ1v) is 8.53. The Labute approximate surface area is 132 Å². The molecule has 1 aromatic rings. The second-order valence-corrected chi connectivity index (χ2v) is 6.93. The first-order chi connectivity index (χ1) is 10.6. The van der Waals surface area contributed by atoms with Gasteiger partial charge in [0.15, 0.2) is 0 Å². The molecule has 2 aliphatic rings. The highest BCUT2D eigenvalue weighted by Crippen LogP contribution is 2.22. The van der Waals surface area contributed by atoms with Crippen LogP contribution in [0.15, 0.2) is 24.3 Å². The molecule has 2 fully saturated rings. The third-order valence-corrected chi connectivity index (χ3v) is 5.28. The van der Waals surface area contributed by atoms with Crippen molar-refractivity contribution in [1.82, 2.24) is 4.90 Å². The zero-order valence-electron chi connectivity index (χ0n) is 13.4. The number of amides is 1. The molecule has 1 aliphatic carbocycles. The highest BCUT2D eigenvalue weighted by atomic mass is 19.1. The molecule has 120 valence electrons. The summed E-state index contributed by atoms with van der Waals surface area (Å²) in [5, 5.41) is 0. The average molecular weight is 305 g/mol. The van der Waals surface area contributed by atoms with Crippen LogP contribution in [-0.2, 0) is 0 Å². The number of halogens is 1. The lowest BCUT2D eigenvalue weighted by Crippen LogP contribution is -3.18. The molecule has 0 aromatic heterocycles. The second kappa shape index (κ2) is 6.78. The Balaban J connectivity index is 1.56. The van der Waals surface area contributed by atoms with E-state index in [0.717, 1.165) is 38.1 Å². The predicted molar refractivity (Wildman–Crippen MR) is 84.4 cm³/mol. The fourth-order valence-corrected chi connectivity index (χ4v) is 4.01. The molecule has 3 rings (SSSR count). The number of nitrogens with zero attached hydrogens (tertiary/aromatic N) is 1. The number of hydrogen-bond donors (Lipinski definition) is 1. The van der Waals surface area contributed by atoms with Gasteiger partial charge >= 0.3 is 0 Å². The summed E-state index contributed by atoms with van der Waals surface area (Å²) in [5.41, 5.74) is 0.467. The summed E-state index contributed by atoms with van der Waals surface area (Å²) in [7, 11) is 0. The van der Waals surface area contributed by atoms with E-state index in [1.165, 1.54) is 37.8 Å². The van der Waals surface area contributed by atoms with E-state index in [9.17, 15) is 9.18 Å². The SMILES string of the molecule is C[C@H]1CCC[C@H]([NH+]2CCN(C(=O)c3cccc(F)c3)CC2)C1. The van der Waals surface area contributed by atoms with Crippen LogP contribution in [-0.4, -0.2) is 43.0 Å². The lowest BCUT2D eigenvalue weighted by Gasteiger charge is -2.39. The molecule has 1 aliphatic heterocycles. The van der Waals surface area contributed by atoms with Crippen molar-refractivity contribution in [3.8, 4) is 0 Å². The highest BCUT2D eigenvalue weighted by Gasteiger charge is 2.32. The third kappa shape index (κ3) is 3.49. The lowest BCUT2D eigenvalue weighted by molar-refractivity contribution is -0.930. The molecule has 1 heterocycles. The molecule has 22 heavy (non-hydrogen) atoms. The summed E-state index contributed by atoms with van der Waals surface area (Å²) in [4.78, 5) is 16.0. The number of carbonyl (C=O) groups excluding carboxylic acids is 1. The van der Waals surface area contributed by atoms with Crippen LogP contribution in [0.4, 0.5) is 4.39 Å². The molecule has 0 spiro atoms. The topological polar surface area (TPSA) is 24.8 Å². The van der Waals surface area contributed by atoms with Gasteiger partial charge in [-0.2, -0.15) is 0 Å². The van der Waals surface area contributed by atoms with Gasteiger partial charge in [-0.15, -0.1) is 0 Å². The summed E-state index contributed by atoms with van der Waals surface area (Å²) in [6, 6.07) is 6.80. The maximum absolute atomic E-state index is 13.3. The fraction of sp³-hybridized carbons (Fsp3) is 0.611. The minimum Gasteiger partial charge on any atom is -0.330 e. The molecular formula is C18H26FN2O+. The average Bonchev–Trinajstić information content (AvgIpc) is 2.54. The van der Waals surface area contributed by atoms with Crippen molar-refractivity contribution < 1.29 is 14.1 Å². The zero-order valence-corrected chi connectivity index (χ0v) is 13.4. The molecule has 4 heteroatoms. The van der Waals surface area contributed by atoms with E-state index in [1.807, 2.05) is 4.90 Å². The number of hydrogen-bond acceptors (Lipinski definition) is 1. The van der Waals surface area contributed by atoms with E-state index in [1.54, 1.807) is 17.0 Å². The molecule has 1 aromatic carbocycles. The van der Waals surface area contributed by atoms with E-state index in [-0.39, 0.29) is 11.7 Å². The number of quaternary nitrogens is 1. The summed E-state index contributed by atoms with van der Waals surface area (Å²) in [5.74, 6) is 0.472. The third-order valence-electron chi connectivity index (χ3n) is 5.28. The van der Waals surface area contributed by atoms with Gasteiger partial charge in [0.2, 0.25) is 0 Å². The Hall–Kier alpha value is -1.42. The maximum atomic E-state index is 13.3. The van der Waals surface area contributed by atoms with Crippen molar-refractivity contribution in [2.24, 2.45) is 5.92 Å². The van der Waals surface area contributed by atoms with Crippen molar-refractivity contribution in [2.75, 3.05) is 26.2 Å². The van der Waals surface area contributed by atoms with Crippen molar-refractivity contribution in [1.29, 1.82) is 0 Å². The molecular weight excluding hydrogens is 279 g/mol. The van der Waals surface area contributed by atoms with Gasteiger partial charge < -0.3 is 9.80 Å². The molecule has 0 bridgehead atoms. The van der Waals surface area contributed by atoms with Crippen LogP contribution < -0.4 is 4.90 Å². The van der Waals surface area contributed by atoms with E-state index in [4.69, 9.17) is 0 Å².